The van der Waals surface area contributed by atoms with Crippen LogP contribution in [0.4, 0.5) is 0 Å². The van der Waals surface area contributed by atoms with Crippen molar-refractivity contribution in [2.45, 2.75) is 64.1 Å². The van der Waals surface area contributed by atoms with E-state index in [-0.39, 0.29) is 28.1 Å². The van der Waals surface area contributed by atoms with Crippen LogP contribution in [0.5, 0.6) is 0 Å². The van der Waals surface area contributed by atoms with Gasteiger partial charge < -0.3 is 23.7 Å². The van der Waals surface area contributed by atoms with Crippen LogP contribution in [0.25, 0.3) is 0 Å². The number of fused-ring (bicyclic) bond motifs is 1. The highest BCUT2D eigenvalue weighted by Crippen LogP contribution is 2.46. The van der Waals surface area contributed by atoms with E-state index < -0.39 is 78.6 Å². The van der Waals surface area contributed by atoms with Crippen LogP contribution >= 0.6 is 0 Å². The Morgan fingerprint density at radius 1 is 0.644 bits per heavy atom. The van der Waals surface area contributed by atoms with E-state index in [0.717, 1.165) is 26.3 Å². The number of allylic oxidation sites excluding steroid dienone is 2. The molecule has 0 aromatic heterocycles. The smallest absolute Gasteiger partial charge is 0.303 e. The van der Waals surface area contributed by atoms with Gasteiger partial charge in [0.05, 0.1) is 0 Å². The van der Waals surface area contributed by atoms with E-state index in [0.29, 0.717) is 0 Å². The maximum Gasteiger partial charge on any atom is 0.303 e. The fraction of sp³-hybridized carbons (Fsp3) is 0.353. The lowest BCUT2D eigenvalue weighted by molar-refractivity contribution is -0.256. The minimum atomic E-state index is -1.42. The third kappa shape index (κ3) is 6.34. The van der Waals surface area contributed by atoms with Crippen LogP contribution in [0, 0.1) is 5.92 Å². The second-order valence-electron chi connectivity index (χ2n) is 11.0. The fourth-order valence-corrected chi connectivity index (χ4v) is 6.24. The van der Waals surface area contributed by atoms with Crippen molar-refractivity contribution in [2.24, 2.45) is 5.92 Å². The first-order chi connectivity index (χ1) is 21.5. The molecule has 2 aromatic carbocycles. The normalized spacial score (nSPS) is 27.2. The minimum absolute atomic E-state index is 0.135. The Kier molecular flexibility index (Phi) is 9.10. The molecule has 0 saturated carbocycles. The lowest BCUT2D eigenvalue weighted by Gasteiger charge is -2.47. The summed E-state index contributed by atoms with van der Waals surface area (Å²) in [4.78, 5) is 77.2. The molecule has 0 amide bonds. The van der Waals surface area contributed by atoms with E-state index >= 15 is 0 Å². The van der Waals surface area contributed by atoms with Gasteiger partial charge in [-0.25, -0.2) is 0 Å². The third-order valence-electron chi connectivity index (χ3n) is 7.89. The molecule has 11 nitrogen and oxygen atoms in total. The highest BCUT2D eigenvalue weighted by molar-refractivity contribution is 6.28. The molecule has 1 aliphatic heterocycles. The van der Waals surface area contributed by atoms with Crippen LogP contribution in [0.3, 0.4) is 0 Å². The molecule has 7 atom stereocenters. The monoisotopic (exact) mass is 616 g/mol. The third-order valence-corrected chi connectivity index (χ3v) is 7.89. The largest absolute Gasteiger partial charge is 0.463 e. The van der Waals surface area contributed by atoms with E-state index in [1.807, 2.05) is 30.3 Å². The summed E-state index contributed by atoms with van der Waals surface area (Å²) in [7, 11) is 0. The Labute approximate surface area is 259 Å². The van der Waals surface area contributed by atoms with Gasteiger partial charge in [0.1, 0.15) is 18.8 Å². The van der Waals surface area contributed by atoms with Gasteiger partial charge in [-0.05, 0) is 5.56 Å². The van der Waals surface area contributed by atoms with Gasteiger partial charge in [0.2, 0.25) is 0 Å². The van der Waals surface area contributed by atoms with Gasteiger partial charge in [0.15, 0.2) is 29.9 Å². The van der Waals surface area contributed by atoms with Crippen LogP contribution in [0.1, 0.15) is 59.9 Å². The molecule has 0 radical (unpaired) electrons. The molecule has 0 N–H and O–H groups in total. The first-order valence-corrected chi connectivity index (χ1v) is 14.4. The zero-order chi connectivity index (χ0) is 32.4. The summed E-state index contributed by atoms with van der Waals surface area (Å²) in [6, 6.07) is 15.7. The Bertz CT molecular complexity index is 1600. The molecule has 1 saturated heterocycles. The molecule has 1 heterocycles. The number of ether oxygens (including phenoxy) is 5. The van der Waals surface area contributed by atoms with Crippen LogP contribution in [-0.2, 0) is 42.9 Å². The molecule has 1 fully saturated rings. The average molecular weight is 617 g/mol. The summed E-state index contributed by atoms with van der Waals surface area (Å²) < 4.78 is 28.4. The van der Waals surface area contributed by atoms with Crippen LogP contribution in [0.2, 0.25) is 0 Å². The summed E-state index contributed by atoms with van der Waals surface area (Å²) >= 11 is 0. The Morgan fingerprint density at radius 2 is 1.18 bits per heavy atom. The maximum atomic E-state index is 14.3. The van der Waals surface area contributed by atoms with E-state index in [1.54, 1.807) is 36.4 Å². The highest BCUT2D eigenvalue weighted by atomic mass is 16.7. The summed E-state index contributed by atoms with van der Waals surface area (Å²) in [5.74, 6) is -5.27. The first kappa shape index (κ1) is 31.5. The zero-order valence-electron chi connectivity index (χ0n) is 25.1. The van der Waals surface area contributed by atoms with Crippen LogP contribution < -0.4 is 0 Å². The molecule has 234 valence electrons. The molecule has 0 spiro atoms. The van der Waals surface area contributed by atoms with Gasteiger partial charge in [-0.15, -0.1) is 0 Å². The molecule has 45 heavy (non-hydrogen) atoms. The molecular formula is C34H32O11. The molecule has 2 unspecified atom stereocenters. The molecule has 2 aromatic rings. The summed E-state index contributed by atoms with van der Waals surface area (Å²) in [6.45, 7) is 4.17. The van der Waals surface area contributed by atoms with Crippen molar-refractivity contribution in [3.05, 3.63) is 94.6 Å². The van der Waals surface area contributed by atoms with Crippen molar-refractivity contribution in [1.29, 1.82) is 0 Å². The van der Waals surface area contributed by atoms with Gasteiger partial charge in [-0.3, -0.25) is 28.8 Å². The van der Waals surface area contributed by atoms with Crippen molar-refractivity contribution >= 4 is 35.4 Å². The number of Topliss-reactive ketones (excluding diaryl/α,β-unsaturated/α-hetero) is 2. The number of carbonyl (C=O) groups is 6. The van der Waals surface area contributed by atoms with Crippen molar-refractivity contribution in [3.8, 4) is 0 Å². The van der Waals surface area contributed by atoms with E-state index in [9.17, 15) is 28.8 Å². The Hall–Kier alpha value is -4.90. The summed E-state index contributed by atoms with van der Waals surface area (Å²) in [5, 5.41) is 0. The molecule has 11 heteroatoms. The highest BCUT2D eigenvalue weighted by Gasteiger charge is 2.56. The van der Waals surface area contributed by atoms with Gasteiger partial charge in [-0.2, -0.15) is 0 Å². The first-order valence-electron chi connectivity index (χ1n) is 14.4. The molecule has 2 aliphatic carbocycles. The summed E-state index contributed by atoms with van der Waals surface area (Å²) in [6.07, 6.45) is -3.13. The van der Waals surface area contributed by atoms with Crippen molar-refractivity contribution in [2.75, 3.05) is 6.61 Å². The van der Waals surface area contributed by atoms with Gasteiger partial charge in [-0.1, -0.05) is 66.7 Å². The molecule has 0 bridgehead atoms. The van der Waals surface area contributed by atoms with Gasteiger partial charge in [0, 0.05) is 61.8 Å². The standard InChI is InChI=1S/C34H32O11/c1-17(35)41-16-26-32(42-18(2)36)34(44-20(4)38)33(43-19(3)37)31(45-26)25-15-14-22(21-10-6-5-7-11-21)27-28(25)30(40)24-13-9-8-12-23(24)29(27)39/h5-15,22,25-26,31-34H,16H2,1-4H3/t22?,25?,26-,31+,32-,33+,34+/m1/s1. The number of rotatable bonds is 7. The molecule has 5 rings (SSSR count). The van der Waals surface area contributed by atoms with E-state index in [4.69, 9.17) is 23.7 Å². The van der Waals surface area contributed by atoms with Crippen LogP contribution in [0.15, 0.2) is 77.9 Å². The predicted molar refractivity (Wildman–Crippen MR) is 156 cm³/mol. The molecule has 3 aliphatic rings. The predicted octanol–water partition coefficient (Wildman–Crippen LogP) is 3.46. The van der Waals surface area contributed by atoms with Crippen LogP contribution in [-0.4, -0.2) is 72.6 Å². The quantitative estimate of drug-likeness (QED) is 0.256. The number of carbonyl (C=O) groups excluding carboxylic acids is 6. The number of hydrogen-bond acceptors (Lipinski definition) is 11. The molecular weight excluding hydrogens is 584 g/mol. The van der Waals surface area contributed by atoms with Crippen molar-refractivity contribution in [3.63, 3.8) is 0 Å². The maximum absolute atomic E-state index is 14.3. The SMILES string of the molecule is CC(=O)OC[C@H]1O[C@@H](C2C=CC(c3ccccc3)C3=C2C(=O)c2ccccc2C3=O)[C@H](OC(C)=O)[C@@H](OC(C)=O)[C@@H]1OC(C)=O. The van der Waals surface area contributed by atoms with E-state index in [2.05, 4.69) is 0 Å². The lowest BCUT2D eigenvalue weighted by Crippen LogP contribution is -2.64. The zero-order valence-corrected chi connectivity index (χ0v) is 25.1. The van der Waals surface area contributed by atoms with E-state index in [1.165, 1.54) is 6.92 Å². The average Bonchev–Trinajstić information content (AvgIpc) is 3.00. The van der Waals surface area contributed by atoms with Crippen molar-refractivity contribution < 1.29 is 52.5 Å². The van der Waals surface area contributed by atoms with Gasteiger partial charge in [0.25, 0.3) is 0 Å². The Balaban J connectivity index is 1.69. The lowest BCUT2D eigenvalue weighted by atomic mass is 9.67. The number of esters is 4. The Morgan fingerprint density at radius 3 is 1.76 bits per heavy atom. The second-order valence-corrected chi connectivity index (χ2v) is 11.0. The number of benzene rings is 2. The van der Waals surface area contributed by atoms with Gasteiger partial charge >= 0.3 is 23.9 Å². The topological polar surface area (TPSA) is 149 Å². The summed E-state index contributed by atoms with van der Waals surface area (Å²) in [5.41, 5.74) is 1.62. The van der Waals surface area contributed by atoms with Crippen molar-refractivity contribution in [1.82, 2.24) is 0 Å². The fourth-order valence-electron chi connectivity index (χ4n) is 6.24. The second kappa shape index (κ2) is 13.0. The minimum Gasteiger partial charge on any atom is -0.463 e. The number of ketones is 2. The number of hydrogen-bond donors (Lipinski definition) is 0.